The van der Waals surface area contributed by atoms with Gasteiger partial charge in [0.1, 0.15) is 0 Å². The van der Waals surface area contributed by atoms with Gasteiger partial charge in [-0.2, -0.15) is 0 Å². The SMILES string of the molecule is COC(=O)CCc1cc(-c2ccc3ccccc3c2)c(OCC2CCCCC2)c([N+](=O)[O-])c1. The maximum absolute atomic E-state index is 12.0. The molecule has 0 bridgehead atoms. The Kier molecular flexibility index (Phi) is 7.23. The van der Waals surface area contributed by atoms with Crippen molar-refractivity contribution in [3.05, 3.63) is 70.3 Å². The molecule has 1 saturated carbocycles. The third-order valence-corrected chi connectivity index (χ3v) is 6.42. The lowest BCUT2D eigenvalue weighted by Gasteiger charge is -2.22. The highest BCUT2D eigenvalue weighted by Crippen LogP contribution is 2.41. The summed E-state index contributed by atoms with van der Waals surface area (Å²) in [5, 5.41) is 14.2. The first kappa shape index (κ1) is 22.8. The van der Waals surface area contributed by atoms with E-state index in [9.17, 15) is 14.9 Å². The van der Waals surface area contributed by atoms with Crippen LogP contribution < -0.4 is 4.74 Å². The van der Waals surface area contributed by atoms with Gasteiger partial charge in [-0.15, -0.1) is 0 Å². The minimum atomic E-state index is -0.387. The molecule has 0 N–H and O–H groups in total. The molecule has 0 radical (unpaired) electrons. The van der Waals surface area contributed by atoms with Crippen molar-refractivity contribution in [3.8, 4) is 16.9 Å². The lowest BCUT2D eigenvalue weighted by atomic mass is 9.90. The van der Waals surface area contributed by atoms with Crippen LogP contribution in [0.4, 0.5) is 5.69 Å². The third kappa shape index (κ3) is 5.51. The molecule has 33 heavy (non-hydrogen) atoms. The fraction of sp³-hybridized carbons (Fsp3) is 0.370. The number of carbonyl (C=O) groups excluding carboxylic acids is 1. The van der Waals surface area contributed by atoms with Gasteiger partial charge in [-0.25, -0.2) is 0 Å². The van der Waals surface area contributed by atoms with E-state index in [1.165, 1.54) is 32.4 Å². The highest BCUT2D eigenvalue weighted by atomic mass is 16.6. The van der Waals surface area contributed by atoms with E-state index in [0.29, 0.717) is 35.8 Å². The topological polar surface area (TPSA) is 78.7 Å². The smallest absolute Gasteiger partial charge is 0.311 e. The summed E-state index contributed by atoms with van der Waals surface area (Å²) >= 11 is 0. The standard InChI is InChI=1S/C27H29NO5/c1-32-26(29)14-11-20-15-24(23-13-12-21-9-5-6-10-22(21)17-23)27(25(16-20)28(30)31)33-18-19-7-3-2-4-8-19/h5-6,9-10,12-13,15-17,19H,2-4,7-8,11,14,18H2,1H3. The Morgan fingerprint density at radius 3 is 2.52 bits per heavy atom. The molecule has 1 aliphatic rings. The molecule has 3 aromatic carbocycles. The van der Waals surface area contributed by atoms with Crippen molar-refractivity contribution in [3.63, 3.8) is 0 Å². The van der Waals surface area contributed by atoms with E-state index in [0.717, 1.165) is 29.2 Å². The summed E-state index contributed by atoms with van der Waals surface area (Å²) in [5.41, 5.74) is 2.19. The molecule has 0 aliphatic heterocycles. The van der Waals surface area contributed by atoms with Crippen LogP contribution in [0.3, 0.4) is 0 Å². The predicted molar refractivity (Wildman–Crippen MR) is 128 cm³/mol. The summed E-state index contributed by atoms with van der Waals surface area (Å²) in [7, 11) is 1.34. The van der Waals surface area contributed by atoms with E-state index in [1.54, 1.807) is 0 Å². The van der Waals surface area contributed by atoms with Gasteiger partial charge >= 0.3 is 11.7 Å². The minimum absolute atomic E-state index is 0.0590. The minimum Gasteiger partial charge on any atom is -0.486 e. The molecule has 4 rings (SSSR count). The van der Waals surface area contributed by atoms with E-state index in [2.05, 4.69) is 0 Å². The number of nitro benzene ring substituents is 1. The lowest BCUT2D eigenvalue weighted by Crippen LogP contribution is -2.16. The number of hydrogen-bond donors (Lipinski definition) is 0. The molecule has 6 heteroatoms. The zero-order valence-electron chi connectivity index (χ0n) is 18.9. The second-order valence-corrected chi connectivity index (χ2v) is 8.70. The molecule has 0 amide bonds. The van der Waals surface area contributed by atoms with Gasteiger partial charge in [0.15, 0.2) is 0 Å². The molecule has 6 nitrogen and oxygen atoms in total. The summed E-state index contributed by atoms with van der Waals surface area (Å²) in [5.74, 6) is 0.381. The van der Waals surface area contributed by atoms with Crippen LogP contribution in [0.1, 0.15) is 44.1 Å². The molecule has 172 valence electrons. The van der Waals surface area contributed by atoms with Crippen molar-refractivity contribution in [2.75, 3.05) is 13.7 Å². The second kappa shape index (κ2) is 10.5. The first-order chi connectivity index (χ1) is 16.0. The summed E-state index contributed by atoms with van der Waals surface area (Å²) in [6.45, 7) is 0.475. The summed E-state index contributed by atoms with van der Waals surface area (Å²) in [6, 6.07) is 17.5. The average Bonchev–Trinajstić information content (AvgIpc) is 2.86. The molecular formula is C27H29NO5. The van der Waals surface area contributed by atoms with Crippen LogP contribution in [-0.4, -0.2) is 24.6 Å². The van der Waals surface area contributed by atoms with Gasteiger partial charge in [-0.05, 0) is 59.2 Å². The summed E-state index contributed by atoms with van der Waals surface area (Å²) in [6.07, 6.45) is 6.31. The van der Waals surface area contributed by atoms with Crippen LogP contribution >= 0.6 is 0 Å². The van der Waals surface area contributed by atoms with Gasteiger partial charge in [0.2, 0.25) is 5.75 Å². The highest BCUT2D eigenvalue weighted by molar-refractivity contribution is 5.89. The van der Waals surface area contributed by atoms with Crippen molar-refractivity contribution in [1.82, 2.24) is 0 Å². The Hall–Kier alpha value is -3.41. The number of nitrogens with zero attached hydrogens (tertiary/aromatic N) is 1. The molecule has 0 saturated heterocycles. The van der Waals surface area contributed by atoms with Crippen molar-refractivity contribution in [1.29, 1.82) is 0 Å². The molecule has 0 unspecified atom stereocenters. The van der Waals surface area contributed by atoms with Crippen LogP contribution in [0.5, 0.6) is 5.75 Å². The van der Waals surface area contributed by atoms with E-state index in [-0.39, 0.29) is 23.0 Å². The molecule has 0 spiro atoms. The number of nitro groups is 1. The predicted octanol–water partition coefficient (Wildman–Crippen LogP) is 6.48. The van der Waals surface area contributed by atoms with Crippen LogP contribution in [0, 0.1) is 16.0 Å². The van der Waals surface area contributed by atoms with Crippen molar-refractivity contribution in [2.24, 2.45) is 5.92 Å². The number of aryl methyl sites for hydroxylation is 1. The molecular weight excluding hydrogens is 418 g/mol. The zero-order valence-corrected chi connectivity index (χ0v) is 18.9. The van der Waals surface area contributed by atoms with Crippen molar-refractivity contribution < 1.29 is 19.2 Å². The first-order valence-electron chi connectivity index (χ1n) is 11.5. The highest BCUT2D eigenvalue weighted by Gasteiger charge is 2.24. The van der Waals surface area contributed by atoms with Crippen LogP contribution in [-0.2, 0) is 16.0 Å². The van der Waals surface area contributed by atoms with Gasteiger partial charge in [-0.1, -0.05) is 55.7 Å². The van der Waals surface area contributed by atoms with Gasteiger partial charge in [0.05, 0.1) is 18.6 Å². The normalized spacial score (nSPS) is 14.2. The maximum Gasteiger partial charge on any atom is 0.311 e. The number of benzene rings is 3. The molecule has 0 aromatic heterocycles. The quantitative estimate of drug-likeness (QED) is 0.224. The van der Waals surface area contributed by atoms with Crippen molar-refractivity contribution in [2.45, 2.75) is 44.9 Å². The first-order valence-corrected chi connectivity index (χ1v) is 11.5. The number of esters is 1. The number of rotatable bonds is 8. The molecule has 0 atom stereocenters. The third-order valence-electron chi connectivity index (χ3n) is 6.42. The Labute approximate surface area is 193 Å². The monoisotopic (exact) mass is 447 g/mol. The largest absolute Gasteiger partial charge is 0.486 e. The Morgan fingerprint density at radius 1 is 1.03 bits per heavy atom. The van der Waals surface area contributed by atoms with Gasteiger partial charge in [0, 0.05) is 18.1 Å². The van der Waals surface area contributed by atoms with Crippen LogP contribution in [0.25, 0.3) is 21.9 Å². The molecule has 1 fully saturated rings. The maximum atomic E-state index is 12.0. The van der Waals surface area contributed by atoms with Gasteiger partial charge < -0.3 is 9.47 Å². The number of fused-ring (bicyclic) bond motifs is 1. The number of ether oxygens (including phenoxy) is 2. The summed E-state index contributed by atoms with van der Waals surface area (Å²) < 4.78 is 10.9. The number of methoxy groups -OCH3 is 1. The molecule has 3 aromatic rings. The Morgan fingerprint density at radius 2 is 1.79 bits per heavy atom. The fourth-order valence-electron chi connectivity index (χ4n) is 4.58. The number of carbonyl (C=O) groups is 1. The average molecular weight is 448 g/mol. The van der Waals surface area contributed by atoms with Crippen LogP contribution in [0.15, 0.2) is 54.6 Å². The zero-order chi connectivity index (χ0) is 23.2. The van der Waals surface area contributed by atoms with Crippen molar-refractivity contribution >= 4 is 22.4 Å². The van der Waals surface area contributed by atoms with Gasteiger partial charge in [-0.3, -0.25) is 14.9 Å². The van der Waals surface area contributed by atoms with Crippen LogP contribution in [0.2, 0.25) is 0 Å². The molecule has 0 heterocycles. The van der Waals surface area contributed by atoms with E-state index in [4.69, 9.17) is 9.47 Å². The van der Waals surface area contributed by atoms with Gasteiger partial charge in [0.25, 0.3) is 0 Å². The Bertz CT molecular complexity index is 1150. The second-order valence-electron chi connectivity index (χ2n) is 8.70. The number of hydrogen-bond acceptors (Lipinski definition) is 5. The summed E-state index contributed by atoms with van der Waals surface area (Å²) in [4.78, 5) is 23.3. The fourth-order valence-corrected chi connectivity index (χ4v) is 4.58. The van der Waals surface area contributed by atoms with E-state index >= 15 is 0 Å². The lowest BCUT2D eigenvalue weighted by molar-refractivity contribution is -0.385. The van der Waals surface area contributed by atoms with E-state index < -0.39 is 0 Å². The Balaban J connectivity index is 1.76. The van der Waals surface area contributed by atoms with E-state index in [1.807, 2.05) is 48.5 Å². The molecule has 1 aliphatic carbocycles.